The van der Waals surface area contributed by atoms with Gasteiger partial charge in [-0.3, -0.25) is 0 Å². The highest BCUT2D eigenvalue weighted by molar-refractivity contribution is 5.92. The summed E-state index contributed by atoms with van der Waals surface area (Å²) in [5.74, 6) is 0. The van der Waals surface area contributed by atoms with Crippen LogP contribution < -0.4 is 19.6 Å². The summed E-state index contributed by atoms with van der Waals surface area (Å²) in [6.45, 7) is 6.14. The second-order valence-corrected chi connectivity index (χ2v) is 17.5. The third kappa shape index (κ3) is 9.18. The topological polar surface area (TPSA) is 13.0 Å². The van der Waals surface area contributed by atoms with E-state index < -0.39 is 0 Å². The van der Waals surface area contributed by atoms with E-state index in [0.717, 1.165) is 79.4 Å². The molecule has 0 radical (unpaired) electrons. The van der Waals surface area contributed by atoms with E-state index in [9.17, 15) is 0 Å². The van der Waals surface area contributed by atoms with Crippen molar-refractivity contribution in [2.75, 3.05) is 19.6 Å². The molecule has 71 heavy (non-hydrogen) atoms. The van der Waals surface area contributed by atoms with E-state index in [-0.39, 0.29) is 0 Å². The van der Waals surface area contributed by atoms with Crippen LogP contribution in [0, 0.1) is 0 Å². The summed E-state index contributed by atoms with van der Waals surface area (Å²) in [5.41, 5.74) is 15.0. The maximum absolute atomic E-state index is 4.09. The largest absolute Gasteiger partial charge is 0.310 e. The summed E-state index contributed by atoms with van der Waals surface area (Å²) in [5, 5.41) is 4.83. The van der Waals surface area contributed by atoms with Crippen LogP contribution in [0.3, 0.4) is 0 Å². The van der Waals surface area contributed by atoms with Gasteiger partial charge in [-0.25, -0.2) is 0 Å². The van der Waals surface area contributed by atoms with Gasteiger partial charge in [0.05, 0.1) is 0 Å². The lowest BCUT2D eigenvalue weighted by Crippen LogP contribution is -2.14. The SMILES string of the molecule is C=Cc1ccc(N(c2ccccc2)c2ccc(N(c3ccc(N(c4ccccc4)c4ccc5ccccc5c4)cc3)c3ccc(N(c4ccccc4)c4ccc5ccccc5c4)cc3)cc2)cc1/C=C\C. The Morgan fingerprint density at radius 1 is 0.254 bits per heavy atom. The second kappa shape index (κ2) is 20.1. The van der Waals surface area contributed by atoms with Crippen LogP contribution in [0.2, 0.25) is 0 Å². The number of hydrogen-bond acceptors (Lipinski definition) is 4. The zero-order valence-corrected chi connectivity index (χ0v) is 39.6. The van der Waals surface area contributed by atoms with E-state index in [1.165, 1.54) is 21.5 Å². The van der Waals surface area contributed by atoms with E-state index in [1.807, 2.05) is 6.08 Å². The van der Waals surface area contributed by atoms with Crippen molar-refractivity contribution in [2.24, 2.45) is 0 Å². The zero-order valence-electron chi connectivity index (χ0n) is 39.6. The van der Waals surface area contributed by atoms with Gasteiger partial charge in [0.1, 0.15) is 0 Å². The monoisotopic (exact) mass is 912 g/mol. The molecular formula is C67H52N4. The molecule has 0 N–H and O–H groups in total. The van der Waals surface area contributed by atoms with Gasteiger partial charge in [0.2, 0.25) is 0 Å². The molecule has 4 heteroatoms. The maximum atomic E-state index is 4.09. The van der Waals surface area contributed by atoms with Gasteiger partial charge in [0.15, 0.2) is 0 Å². The first-order valence-electron chi connectivity index (χ1n) is 24.1. The lowest BCUT2D eigenvalue weighted by molar-refractivity contribution is 1.24. The Morgan fingerprint density at radius 2 is 0.521 bits per heavy atom. The Balaban J connectivity index is 1.02. The summed E-state index contributed by atoms with van der Waals surface area (Å²) >= 11 is 0. The Labute approximate surface area is 417 Å². The minimum absolute atomic E-state index is 1.03. The summed E-state index contributed by atoms with van der Waals surface area (Å²) in [6.07, 6.45) is 6.13. The van der Waals surface area contributed by atoms with Gasteiger partial charge in [0, 0.05) is 68.2 Å². The molecule has 0 unspecified atom stereocenters. The van der Waals surface area contributed by atoms with Gasteiger partial charge in [-0.1, -0.05) is 146 Å². The Bertz CT molecular complexity index is 3440. The molecule has 0 aliphatic rings. The van der Waals surface area contributed by atoms with Crippen molar-refractivity contribution < 1.29 is 0 Å². The van der Waals surface area contributed by atoms with E-state index in [0.29, 0.717) is 0 Å². The lowest BCUT2D eigenvalue weighted by atomic mass is 10.0. The van der Waals surface area contributed by atoms with Gasteiger partial charge >= 0.3 is 0 Å². The van der Waals surface area contributed by atoms with Crippen molar-refractivity contribution in [3.05, 3.63) is 291 Å². The van der Waals surface area contributed by atoms with Crippen LogP contribution in [0.5, 0.6) is 0 Å². The molecule has 0 aliphatic carbocycles. The molecular weight excluding hydrogens is 861 g/mol. The normalized spacial score (nSPS) is 11.2. The molecule has 0 saturated heterocycles. The molecule has 0 aliphatic heterocycles. The average molecular weight is 913 g/mol. The lowest BCUT2D eigenvalue weighted by Gasteiger charge is -2.30. The number of fused-ring (bicyclic) bond motifs is 2. The summed E-state index contributed by atoms with van der Waals surface area (Å²) in [7, 11) is 0. The van der Waals surface area contributed by atoms with Crippen LogP contribution in [0.25, 0.3) is 33.7 Å². The molecule has 0 heterocycles. The van der Waals surface area contributed by atoms with Crippen LogP contribution in [-0.4, -0.2) is 0 Å². The average Bonchev–Trinajstić information content (AvgIpc) is 3.43. The molecule has 0 amide bonds. The summed E-state index contributed by atoms with van der Waals surface area (Å²) in [6, 6.07) is 95.6. The minimum Gasteiger partial charge on any atom is -0.310 e. The van der Waals surface area contributed by atoms with Crippen molar-refractivity contribution in [1.82, 2.24) is 0 Å². The van der Waals surface area contributed by atoms with E-state index >= 15 is 0 Å². The highest BCUT2D eigenvalue weighted by atomic mass is 15.2. The smallest absolute Gasteiger partial charge is 0.0468 e. The molecule has 11 rings (SSSR count). The van der Waals surface area contributed by atoms with Gasteiger partial charge in [0.25, 0.3) is 0 Å². The first kappa shape index (κ1) is 44.1. The van der Waals surface area contributed by atoms with E-state index in [1.54, 1.807) is 0 Å². The molecule has 0 aromatic heterocycles. The summed E-state index contributed by atoms with van der Waals surface area (Å²) < 4.78 is 0. The Morgan fingerprint density at radius 3 is 0.859 bits per heavy atom. The summed E-state index contributed by atoms with van der Waals surface area (Å²) in [4.78, 5) is 9.32. The third-order valence-corrected chi connectivity index (χ3v) is 13.0. The molecule has 340 valence electrons. The highest BCUT2D eigenvalue weighted by Crippen LogP contribution is 2.44. The first-order chi connectivity index (χ1) is 35.1. The number of allylic oxidation sites excluding steroid dienone is 1. The van der Waals surface area contributed by atoms with E-state index in [2.05, 4.69) is 312 Å². The maximum Gasteiger partial charge on any atom is 0.0468 e. The van der Waals surface area contributed by atoms with Crippen LogP contribution in [0.4, 0.5) is 68.2 Å². The molecule has 0 fully saturated rings. The van der Waals surface area contributed by atoms with Gasteiger partial charge < -0.3 is 19.6 Å². The standard InChI is InChI=1S/C67H52N4/c1-3-18-53-47-65(32-29-50(53)4-2)69(56-23-8-5-9-24-56)62-41-35-59(36-42-62)68(60-37-43-63(44-38-60)70(57-25-10-6-11-26-57)66-33-30-51-19-14-16-21-54(51)48-66)61-39-45-64(46-40-61)71(58-27-12-7-13-28-58)67-34-31-52-20-15-17-22-55(52)49-67/h3-49H,2H2,1H3/b18-3-. The minimum atomic E-state index is 1.03. The molecule has 11 aromatic rings. The number of nitrogens with zero attached hydrogens (tertiary/aromatic N) is 4. The highest BCUT2D eigenvalue weighted by Gasteiger charge is 2.20. The van der Waals surface area contributed by atoms with Gasteiger partial charge in [-0.2, -0.15) is 0 Å². The van der Waals surface area contributed by atoms with Crippen LogP contribution in [0.1, 0.15) is 18.1 Å². The van der Waals surface area contributed by atoms with Crippen LogP contribution in [-0.2, 0) is 0 Å². The third-order valence-electron chi connectivity index (χ3n) is 13.0. The fourth-order valence-corrected chi connectivity index (χ4v) is 9.62. The molecule has 0 atom stereocenters. The molecule has 0 saturated carbocycles. The fraction of sp³-hybridized carbons (Fsp3) is 0.0149. The van der Waals surface area contributed by atoms with Crippen LogP contribution >= 0.6 is 0 Å². The Kier molecular flexibility index (Phi) is 12.5. The number of para-hydroxylation sites is 3. The first-order valence-corrected chi connectivity index (χ1v) is 24.1. The van der Waals surface area contributed by atoms with Gasteiger partial charge in [-0.15, -0.1) is 0 Å². The molecule has 4 nitrogen and oxygen atoms in total. The van der Waals surface area contributed by atoms with Gasteiger partial charge in [-0.05, 0) is 185 Å². The van der Waals surface area contributed by atoms with Crippen molar-refractivity contribution >= 4 is 102 Å². The van der Waals surface area contributed by atoms with Crippen molar-refractivity contribution in [3.8, 4) is 0 Å². The van der Waals surface area contributed by atoms with Crippen molar-refractivity contribution in [2.45, 2.75) is 6.92 Å². The second-order valence-electron chi connectivity index (χ2n) is 17.5. The number of hydrogen-bond donors (Lipinski definition) is 0. The molecule has 11 aromatic carbocycles. The van der Waals surface area contributed by atoms with E-state index in [4.69, 9.17) is 0 Å². The van der Waals surface area contributed by atoms with Crippen LogP contribution in [0.15, 0.2) is 280 Å². The quantitative estimate of drug-likeness (QED) is 0.108. The van der Waals surface area contributed by atoms with Crippen molar-refractivity contribution in [1.29, 1.82) is 0 Å². The fourth-order valence-electron chi connectivity index (χ4n) is 9.62. The molecule has 0 spiro atoms. The number of benzene rings is 11. The predicted molar refractivity (Wildman–Crippen MR) is 305 cm³/mol. The molecule has 0 bridgehead atoms. The zero-order chi connectivity index (χ0) is 47.9. The number of rotatable bonds is 14. The number of anilines is 12. The Hall–Kier alpha value is -9.38. The van der Waals surface area contributed by atoms with Crippen molar-refractivity contribution in [3.63, 3.8) is 0 Å². The predicted octanol–water partition coefficient (Wildman–Crippen LogP) is 19.5.